The quantitative estimate of drug-likeness (QED) is 0.896. The third-order valence-electron chi connectivity index (χ3n) is 3.66. The van der Waals surface area contributed by atoms with Crippen LogP contribution in [0.1, 0.15) is 29.8 Å². The highest BCUT2D eigenvalue weighted by atomic mass is 32.2. The minimum Gasteiger partial charge on any atom is -0.508 e. The van der Waals surface area contributed by atoms with E-state index in [9.17, 15) is 19.8 Å². The lowest BCUT2D eigenvalue weighted by Gasteiger charge is -2.30. The molecule has 2 N–H and O–H groups in total. The number of carbonyl (C=O) groups is 2. The molecule has 1 aliphatic heterocycles. The molecule has 0 aromatic heterocycles. The number of rotatable bonds is 3. The number of nitrogens with zero attached hydrogens (tertiary/aromatic N) is 1. The van der Waals surface area contributed by atoms with Crippen LogP contribution in [-0.4, -0.2) is 44.2 Å². The number of benzene rings is 1. The van der Waals surface area contributed by atoms with Gasteiger partial charge in [0, 0.05) is 16.9 Å². The maximum Gasteiger partial charge on any atom is 0.327 e. The van der Waals surface area contributed by atoms with Crippen LogP contribution in [0.5, 0.6) is 5.75 Å². The summed E-state index contributed by atoms with van der Waals surface area (Å²) in [6.07, 6.45) is 0. The largest absolute Gasteiger partial charge is 0.508 e. The summed E-state index contributed by atoms with van der Waals surface area (Å²) in [6, 6.07) is 3.91. The van der Waals surface area contributed by atoms with Gasteiger partial charge in [-0.3, -0.25) is 4.79 Å². The number of phenolic OH excluding ortho intramolecular Hbond substituents is 1. The maximum absolute atomic E-state index is 12.8. The molecular weight excluding hydrogens is 290 g/mol. The van der Waals surface area contributed by atoms with Crippen LogP contribution in [0.3, 0.4) is 0 Å². The average Bonchev–Trinajstić information content (AvgIpc) is 2.86. The van der Waals surface area contributed by atoms with Crippen molar-refractivity contribution in [1.29, 1.82) is 0 Å². The van der Waals surface area contributed by atoms with E-state index in [-0.39, 0.29) is 22.9 Å². The second kappa shape index (κ2) is 5.97. The highest BCUT2D eigenvalue weighted by Gasteiger charge is 2.43. The predicted molar refractivity (Wildman–Crippen MR) is 81.5 cm³/mol. The van der Waals surface area contributed by atoms with E-state index in [1.165, 1.54) is 22.7 Å². The summed E-state index contributed by atoms with van der Waals surface area (Å²) in [4.78, 5) is 25.6. The topological polar surface area (TPSA) is 77.8 Å². The molecule has 0 saturated carbocycles. The first-order valence-corrected chi connectivity index (χ1v) is 7.85. The van der Waals surface area contributed by atoms with E-state index in [2.05, 4.69) is 0 Å². The molecule has 0 radical (unpaired) electrons. The number of phenols is 1. The Bertz CT molecular complexity index is 573. The Balaban J connectivity index is 2.42. The highest BCUT2D eigenvalue weighted by molar-refractivity contribution is 8.00. The van der Waals surface area contributed by atoms with E-state index in [0.717, 1.165) is 0 Å². The van der Waals surface area contributed by atoms with Crippen molar-refractivity contribution in [2.24, 2.45) is 5.92 Å². The van der Waals surface area contributed by atoms with E-state index in [4.69, 9.17) is 0 Å². The highest BCUT2D eigenvalue weighted by Crippen LogP contribution is 2.36. The Kier molecular flexibility index (Phi) is 4.46. The molecule has 1 saturated heterocycles. The lowest BCUT2D eigenvalue weighted by molar-refractivity contribution is -0.141. The molecule has 2 atom stereocenters. The molecule has 0 spiro atoms. The number of hydrogen-bond donors (Lipinski definition) is 2. The molecule has 21 heavy (non-hydrogen) atoms. The van der Waals surface area contributed by atoms with Crippen molar-refractivity contribution in [2.45, 2.75) is 32.2 Å². The third kappa shape index (κ3) is 2.85. The molecule has 1 aliphatic rings. The van der Waals surface area contributed by atoms with Crippen LogP contribution in [0.2, 0.25) is 0 Å². The molecule has 6 heteroatoms. The van der Waals surface area contributed by atoms with Gasteiger partial charge in [0.15, 0.2) is 0 Å². The number of aliphatic carboxylic acids is 1. The summed E-state index contributed by atoms with van der Waals surface area (Å²) in [5.74, 6) is -0.736. The van der Waals surface area contributed by atoms with Gasteiger partial charge in [0.1, 0.15) is 11.8 Å². The van der Waals surface area contributed by atoms with Gasteiger partial charge in [0.05, 0.1) is 5.37 Å². The van der Waals surface area contributed by atoms with Gasteiger partial charge >= 0.3 is 5.97 Å². The Labute approximate surface area is 128 Å². The number of carboxylic acids is 1. The minimum atomic E-state index is -0.989. The number of carbonyl (C=O) groups excluding carboxylic acids is 1. The fourth-order valence-electron chi connectivity index (χ4n) is 2.48. The van der Waals surface area contributed by atoms with E-state index in [1.54, 1.807) is 19.1 Å². The number of aromatic hydroxyl groups is 1. The Hall–Kier alpha value is -1.69. The second-order valence-corrected chi connectivity index (χ2v) is 6.63. The van der Waals surface area contributed by atoms with Gasteiger partial charge in [0.2, 0.25) is 0 Å². The van der Waals surface area contributed by atoms with Gasteiger partial charge in [-0.15, -0.1) is 11.8 Å². The number of amides is 1. The molecule has 1 aromatic carbocycles. The smallest absolute Gasteiger partial charge is 0.327 e. The van der Waals surface area contributed by atoms with Crippen molar-refractivity contribution in [3.63, 3.8) is 0 Å². The standard InChI is InChI=1S/C15H19NO4S/c1-8(2)14-16(11(7-21-14)15(19)20)13(18)10-5-4-6-12(17)9(10)3/h4-6,8,11,14,17H,7H2,1-3H3,(H,19,20). The zero-order valence-electron chi connectivity index (χ0n) is 12.2. The monoisotopic (exact) mass is 309 g/mol. The molecule has 2 unspecified atom stereocenters. The fraction of sp³-hybridized carbons (Fsp3) is 0.467. The predicted octanol–water partition coefficient (Wildman–Crippen LogP) is 2.32. The zero-order chi connectivity index (χ0) is 15.7. The van der Waals surface area contributed by atoms with Crippen LogP contribution in [-0.2, 0) is 4.79 Å². The van der Waals surface area contributed by atoms with Gasteiger partial charge in [-0.25, -0.2) is 4.79 Å². The number of thioether (sulfide) groups is 1. The Morgan fingerprint density at radius 2 is 2.05 bits per heavy atom. The Morgan fingerprint density at radius 3 is 2.62 bits per heavy atom. The molecule has 1 aromatic rings. The van der Waals surface area contributed by atoms with Crippen LogP contribution in [0.15, 0.2) is 18.2 Å². The van der Waals surface area contributed by atoms with Gasteiger partial charge in [0.25, 0.3) is 5.91 Å². The van der Waals surface area contributed by atoms with Crippen LogP contribution in [0, 0.1) is 12.8 Å². The molecular formula is C15H19NO4S. The first-order chi connectivity index (χ1) is 9.84. The van der Waals surface area contributed by atoms with Gasteiger partial charge < -0.3 is 15.1 Å². The molecule has 2 rings (SSSR count). The summed E-state index contributed by atoms with van der Waals surface area (Å²) in [5, 5.41) is 18.9. The lowest BCUT2D eigenvalue weighted by Crippen LogP contribution is -2.47. The average molecular weight is 309 g/mol. The minimum absolute atomic E-state index is 0.0423. The van der Waals surface area contributed by atoms with Gasteiger partial charge in [-0.1, -0.05) is 19.9 Å². The second-order valence-electron chi connectivity index (χ2n) is 5.48. The fourth-order valence-corrected chi connectivity index (χ4v) is 3.95. The maximum atomic E-state index is 12.8. The van der Waals surface area contributed by atoms with E-state index >= 15 is 0 Å². The van der Waals surface area contributed by atoms with Gasteiger partial charge in [-0.2, -0.15) is 0 Å². The van der Waals surface area contributed by atoms with E-state index < -0.39 is 12.0 Å². The third-order valence-corrected chi connectivity index (χ3v) is 5.28. The van der Waals surface area contributed by atoms with Gasteiger partial charge in [-0.05, 0) is 25.0 Å². The van der Waals surface area contributed by atoms with E-state index in [1.807, 2.05) is 13.8 Å². The normalized spacial score (nSPS) is 21.8. The van der Waals surface area contributed by atoms with Crippen molar-refractivity contribution in [3.8, 4) is 5.75 Å². The van der Waals surface area contributed by atoms with Crippen LogP contribution in [0.4, 0.5) is 0 Å². The molecule has 0 aliphatic carbocycles. The number of hydrogen-bond acceptors (Lipinski definition) is 4. The number of carboxylic acid groups (broad SMARTS) is 1. The molecule has 114 valence electrons. The van der Waals surface area contributed by atoms with Crippen LogP contribution < -0.4 is 0 Å². The summed E-state index contributed by atoms with van der Waals surface area (Å²) in [7, 11) is 0. The van der Waals surface area contributed by atoms with Crippen molar-refractivity contribution in [1.82, 2.24) is 4.90 Å². The van der Waals surface area contributed by atoms with E-state index in [0.29, 0.717) is 16.9 Å². The summed E-state index contributed by atoms with van der Waals surface area (Å²) >= 11 is 1.49. The van der Waals surface area contributed by atoms with Crippen molar-refractivity contribution in [3.05, 3.63) is 29.3 Å². The first-order valence-electron chi connectivity index (χ1n) is 6.80. The summed E-state index contributed by atoms with van der Waals surface area (Å²) in [6.45, 7) is 5.60. The van der Waals surface area contributed by atoms with Crippen LogP contribution >= 0.6 is 11.8 Å². The van der Waals surface area contributed by atoms with Crippen molar-refractivity contribution < 1.29 is 19.8 Å². The first kappa shape index (κ1) is 15.7. The summed E-state index contributed by atoms with van der Waals surface area (Å²) in [5.41, 5.74) is 0.834. The summed E-state index contributed by atoms with van der Waals surface area (Å²) < 4.78 is 0. The molecule has 5 nitrogen and oxygen atoms in total. The van der Waals surface area contributed by atoms with Crippen LogP contribution in [0.25, 0.3) is 0 Å². The SMILES string of the molecule is Cc1c(O)cccc1C(=O)N1C(C(=O)O)CSC1C(C)C. The zero-order valence-corrected chi connectivity index (χ0v) is 13.1. The molecule has 1 amide bonds. The lowest BCUT2D eigenvalue weighted by atomic mass is 10.0. The van der Waals surface area contributed by atoms with Crippen molar-refractivity contribution >= 4 is 23.6 Å². The molecule has 1 fully saturated rings. The molecule has 0 bridgehead atoms. The molecule has 1 heterocycles. The Morgan fingerprint density at radius 1 is 1.38 bits per heavy atom. The van der Waals surface area contributed by atoms with Crippen molar-refractivity contribution in [2.75, 3.05) is 5.75 Å².